The minimum absolute atomic E-state index is 0.141. The van der Waals surface area contributed by atoms with Gasteiger partial charge in [0.15, 0.2) is 11.6 Å². The standard InChI is InChI=1S/C15H15FN4O3/c1-20(2)9-18-13-12(16)8-17-15(19-13)23-10-22-14(21)11-6-4-3-5-7-11/h3-9H,10H2,1-2H3/b18-9+. The molecule has 120 valence electrons. The zero-order chi connectivity index (χ0) is 16.7. The summed E-state index contributed by atoms with van der Waals surface area (Å²) in [6.45, 7) is -0.393. The highest BCUT2D eigenvalue weighted by molar-refractivity contribution is 5.89. The van der Waals surface area contributed by atoms with Gasteiger partial charge in [-0.2, -0.15) is 4.98 Å². The summed E-state index contributed by atoms with van der Waals surface area (Å²) in [6.07, 6.45) is 2.33. The predicted molar refractivity (Wildman–Crippen MR) is 81.2 cm³/mol. The molecule has 0 saturated carbocycles. The summed E-state index contributed by atoms with van der Waals surface area (Å²) >= 11 is 0. The highest BCUT2D eigenvalue weighted by Gasteiger charge is 2.09. The first-order chi connectivity index (χ1) is 11.1. The number of halogens is 1. The monoisotopic (exact) mass is 318 g/mol. The Morgan fingerprint density at radius 3 is 2.78 bits per heavy atom. The molecular formula is C15H15FN4O3. The highest BCUT2D eigenvalue weighted by Crippen LogP contribution is 2.16. The molecule has 0 atom stereocenters. The summed E-state index contributed by atoms with van der Waals surface area (Å²) in [6, 6.07) is 8.31. The van der Waals surface area contributed by atoms with Gasteiger partial charge in [0.1, 0.15) is 0 Å². The van der Waals surface area contributed by atoms with Crippen LogP contribution < -0.4 is 4.74 Å². The van der Waals surface area contributed by atoms with E-state index in [4.69, 9.17) is 9.47 Å². The van der Waals surface area contributed by atoms with Gasteiger partial charge in [-0.1, -0.05) is 18.2 Å². The molecule has 1 heterocycles. The van der Waals surface area contributed by atoms with Crippen molar-refractivity contribution < 1.29 is 18.7 Å². The summed E-state index contributed by atoms with van der Waals surface area (Å²) in [7, 11) is 3.48. The van der Waals surface area contributed by atoms with Gasteiger partial charge in [-0.15, -0.1) is 0 Å². The van der Waals surface area contributed by atoms with E-state index in [1.807, 2.05) is 0 Å². The summed E-state index contributed by atoms with van der Waals surface area (Å²) in [5, 5.41) is 0. The largest absolute Gasteiger partial charge is 0.426 e. The van der Waals surface area contributed by atoms with Gasteiger partial charge in [0.05, 0.1) is 18.1 Å². The normalized spacial score (nSPS) is 10.6. The number of aliphatic imine (C=N–C) groups is 1. The van der Waals surface area contributed by atoms with Gasteiger partial charge in [0, 0.05) is 14.1 Å². The summed E-state index contributed by atoms with van der Waals surface area (Å²) in [4.78, 5) is 24.6. The zero-order valence-electron chi connectivity index (χ0n) is 12.6. The molecule has 8 heteroatoms. The number of hydrogen-bond donors (Lipinski definition) is 0. The Labute approximate surface area is 132 Å². The third-order valence-corrected chi connectivity index (χ3v) is 2.50. The third kappa shape index (κ3) is 5.03. The van der Waals surface area contributed by atoms with Gasteiger partial charge >= 0.3 is 12.0 Å². The number of carbonyl (C=O) groups excluding carboxylic acids is 1. The molecule has 0 aliphatic heterocycles. The second kappa shape index (κ2) is 7.83. The van der Waals surface area contributed by atoms with Crippen molar-refractivity contribution in [1.29, 1.82) is 0 Å². The van der Waals surface area contributed by atoms with Crippen LogP contribution in [-0.2, 0) is 4.74 Å². The van der Waals surface area contributed by atoms with E-state index < -0.39 is 18.6 Å². The second-order valence-corrected chi connectivity index (χ2v) is 4.59. The van der Waals surface area contributed by atoms with E-state index in [1.165, 1.54) is 6.34 Å². The van der Waals surface area contributed by atoms with Crippen LogP contribution in [0, 0.1) is 5.82 Å². The van der Waals surface area contributed by atoms with Crippen molar-refractivity contribution in [1.82, 2.24) is 14.9 Å². The molecule has 1 aromatic carbocycles. The van der Waals surface area contributed by atoms with E-state index in [0.29, 0.717) is 5.56 Å². The molecule has 0 spiro atoms. The number of benzene rings is 1. The lowest BCUT2D eigenvalue weighted by molar-refractivity contribution is 0.0127. The summed E-state index contributed by atoms with van der Waals surface area (Å²) in [5.41, 5.74) is 0.396. The number of nitrogens with zero attached hydrogens (tertiary/aromatic N) is 4. The van der Waals surface area contributed by atoms with E-state index in [-0.39, 0.29) is 11.8 Å². The molecule has 0 aliphatic rings. The van der Waals surface area contributed by atoms with Crippen LogP contribution in [0.25, 0.3) is 0 Å². The van der Waals surface area contributed by atoms with Crippen LogP contribution >= 0.6 is 0 Å². The van der Waals surface area contributed by atoms with Crippen molar-refractivity contribution in [2.75, 3.05) is 20.9 Å². The number of rotatable bonds is 6. The van der Waals surface area contributed by atoms with Gasteiger partial charge in [0.25, 0.3) is 0 Å². The fourth-order valence-corrected chi connectivity index (χ4v) is 1.47. The molecule has 0 saturated heterocycles. The summed E-state index contributed by atoms with van der Waals surface area (Å²) in [5.74, 6) is -1.40. The first-order valence-electron chi connectivity index (χ1n) is 6.64. The van der Waals surface area contributed by atoms with Gasteiger partial charge < -0.3 is 14.4 Å². The van der Waals surface area contributed by atoms with Crippen molar-refractivity contribution in [3.63, 3.8) is 0 Å². The van der Waals surface area contributed by atoms with Gasteiger partial charge in [0.2, 0.25) is 6.79 Å². The van der Waals surface area contributed by atoms with Crippen LogP contribution in [-0.4, -0.2) is 48.1 Å². The Hall–Kier alpha value is -3.03. The molecule has 0 amide bonds. The van der Waals surface area contributed by atoms with Gasteiger partial charge in [-0.3, -0.25) is 0 Å². The summed E-state index contributed by atoms with van der Waals surface area (Å²) < 4.78 is 23.5. The Morgan fingerprint density at radius 2 is 2.09 bits per heavy atom. The maximum Gasteiger partial charge on any atom is 0.340 e. The maximum absolute atomic E-state index is 13.5. The second-order valence-electron chi connectivity index (χ2n) is 4.59. The molecule has 0 aliphatic carbocycles. The third-order valence-electron chi connectivity index (χ3n) is 2.50. The lowest BCUT2D eigenvalue weighted by Crippen LogP contribution is -2.12. The highest BCUT2D eigenvalue weighted by atomic mass is 19.1. The molecule has 0 radical (unpaired) electrons. The minimum Gasteiger partial charge on any atom is -0.426 e. The van der Waals surface area contributed by atoms with Crippen LogP contribution in [0.5, 0.6) is 6.01 Å². The van der Waals surface area contributed by atoms with Gasteiger partial charge in [-0.25, -0.2) is 19.2 Å². The van der Waals surface area contributed by atoms with E-state index >= 15 is 0 Å². The molecule has 0 bridgehead atoms. The van der Waals surface area contributed by atoms with Crippen molar-refractivity contribution >= 4 is 18.1 Å². The number of ether oxygens (including phenoxy) is 2. The molecule has 23 heavy (non-hydrogen) atoms. The van der Waals surface area contributed by atoms with Crippen molar-refractivity contribution in [2.24, 2.45) is 4.99 Å². The van der Waals surface area contributed by atoms with E-state index in [2.05, 4.69) is 15.0 Å². The fourth-order valence-electron chi connectivity index (χ4n) is 1.47. The molecular weight excluding hydrogens is 303 g/mol. The molecule has 2 rings (SSSR count). The lowest BCUT2D eigenvalue weighted by Gasteiger charge is -2.07. The Morgan fingerprint density at radius 1 is 1.35 bits per heavy atom. The zero-order valence-corrected chi connectivity index (χ0v) is 12.6. The van der Waals surface area contributed by atoms with Crippen LogP contribution in [0.2, 0.25) is 0 Å². The topological polar surface area (TPSA) is 76.9 Å². The molecule has 0 fully saturated rings. The van der Waals surface area contributed by atoms with Crippen LogP contribution in [0.1, 0.15) is 10.4 Å². The minimum atomic E-state index is -0.684. The number of aromatic nitrogens is 2. The van der Waals surface area contributed by atoms with Crippen molar-refractivity contribution in [3.05, 3.63) is 47.9 Å². The van der Waals surface area contributed by atoms with Crippen molar-refractivity contribution in [2.45, 2.75) is 0 Å². The first kappa shape index (κ1) is 16.3. The molecule has 1 aromatic heterocycles. The van der Waals surface area contributed by atoms with E-state index in [1.54, 1.807) is 49.3 Å². The van der Waals surface area contributed by atoms with Gasteiger partial charge in [-0.05, 0) is 12.1 Å². The van der Waals surface area contributed by atoms with E-state index in [9.17, 15) is 9.18 Å². The molecule has 0 N–H and O–H groups in total. The Balaban J connectivity index is 1.93. The maximum atomic E-state index is 13.5. The molecule has 2 aromatic rings. The SMILES string of the molecule is CN(C)/C=N/c1nc(OCOC(=O)c2ccccc2)ncc1F. The smallest absolute Gasteiger partial charge is 0.340 e. The van der Waals surface area contributed by atoms with Crippen LogP contribution in [0.3, 0.4) is 0 Å². The molecule has 7 nitrogen and oxygen atoms in total. The van der Waals surface area contributed by atoms with Crippen LogP contribution in [0.15, 0.2) is 41.5 Å². The Bertz CT molecular complexity index is 692. The number of hydrogen-bond acceptors (Lipinski definition) is 6. The molecule has 0 unspecified atom stereocenters. The average Bonchev–Trinajstić information content (AvgIpc) is 2.55. The Kier molecular flexibility index (Phi) is 5.56. The number of carbonyl (C=O) groups is 1. The lowest BCUT2D eigenvalue weighted by atomic mass is 10.2. The van der Waals surface area contributed by atoms with Crippen LogP contribution in [0.4, 0.5) is 10.2 Å². The fraction of sp³-hybridized carbons (Fsp3) is 0.200. The first-order valence-corrected chi connectivity index (χ1v) is 6.64. The average molecular weight is 318 g/mol. The quantitative estimate of drug-likeness (QED) is 0.351. The van der Waals surface area contributed by atoms with E-state index in [0.717, 1.165) is 6.20 Å². The van der Waals surface area contributed by atoms with Crippen molar-refractivity contribution in [3.8, 4) is 6.01 Å². The number of esters is 1. The predicted octanol–water partition coefficient (Wildman–Crippen LogP) is 2.03.